The quantitative estimate of drug-likeness (QED) is 0.771. The van der Waals surface area contributed by atoms with Crippen molar-refractivity contribution in [3.8, 4) is 11.5 Å². The third kappa shape index (κ3) is 5.40. The number of rotatable bonds is 5. The van der Waals surface area contributed by atoms with E-state index < -0.39 is 32.8 Å². The maximum Gasteiger partial charge on any atom is 0.573 e. The first-order valence-corrected chi connectivity index (χ1v) is 8.74. The minimum atomic E-state index is -4.86. The number of hydrogen-bond donors (Lipinski definition) is 2. The summed E-state index contributed by atoms with van der Waals surface area (Å²) in [6, 6.07) is 6.94. The Hall–Kier alpha value is -1.68. The van der Waals surface area contributed by atoms with Gasteiger partial charge in [-0.25, -0.2) is 13.1 Å². The second kappa shape index (κ2) is 7.28. The molecule has 0 saturated carbocycles. The first kappa shape index (κ1) is 19.6. The van der Waals surface area contributed by atoms with Gasteiger partial charge in [-0.15, -0.1) is 13.2 Å². The zero-order valence-electron chi connectivity index (χ0n) is 12.1. The van der Waals surface area contributed by atoms with Crippen molar-refractivity contribution in [1.82, 2.24) is 4.72 Å². The number of phenols is 1. The number of phenolic OH excluding ortho intramolecular Hbond substituents is 1. The highest BCUT2D eigenvalue weighted by Crippen LogP contribution is 2.34. The van der Waals surface area contributed by atoms with Crippen LogP contribution in [0.2, 0.25) is 10.0 Å². The number of nitrogens with one attached hydrogen (secondary N) is 1. The molecular weight excluding hydrogens is 406 g/mol. The van der Waals surface area contributed by atoms with Crippen molar-refractivity contribution in [3.05, 3.63) is 52.0 Å². The van der Waals surface area contributed by atoms with Crippen LogP contribution in [0.25, 0.3) is 0 Å². The summed E-state index contributed by atoms with van der Waals surface area (Å²) in [6.45, 7) is -0.346. The standard InChI is InChI=1S/C14H10Cl2F3NO4S/c15-9-5-11(16)13(21)12(6-9)25(22,23)20-7-8-2-1-3-10(4-8)24-14(17,18)19/h1-6,20-21H,7H2. The fourth-order valence-corrected chi connectivity index (χ4v) is 3.63. The molecule has 0 spiro atoms. The van der Waals surface area contributed by atoms with E-state index in [-0.39, 0.29) is 22.2 Å². The molecule has 0 unspecified atom stereocenters. The highest BCUT2D eigenvalue weighted by Gasteiger charge is 2.31. The first-order chi connectivity index (χ1) is 11.5. The molecule has 0 aromatic heterocycles. The van der Waals surface area contributed by atoms with Gasteiger partial charge in [-0.05, 0) is 29.8 Å². The molecule has 0 heterocycles. The highest BCUT2D eigenvalue weighted by atomic mass is 35.5. The van der Waals surface area contributed by atoms with Crippen LogP contribution >= 0.6 is 23.2 Å². The number of sulfonamides is 1. The molecule has 25 heavy (non-hydrogen) atoms. The Bertz CT molecular complexity index is 888. The molecule has 0 aliphatic heterocycles. The van der Waals surface area contributed by atoms with Crippen LogP contribution in [-0.4, -0.2) is 19.9 Å². The normalized spacial score (nSPS) is 12.2. The Kier molecular flexibility index (Phi) is 5.72. The SMILES string of the molecule is O=S(=O)(NCc1cccc(OC(F)(F)F)c1)c1cc(Cl)cc(Cl)c1O. The molecule has 0 amide bonds. The lowest BCUT2D eigenvalue weighted by Crippen LogP contribution is -2.23. The van der Waals surface area contributed by atoms with Gasteiger partial charge in [0, 0.05) is 11.6 Å². The number of benzene rings is 2. The maximum absolute atomic E-state index is 12.2. The lowest BCUT2D eigenvalue weighted by Gasteiger charge is -2.12. The number of ether oxygens (including phenoxy) is 1. The van der Waals surface area contributed by atoms with Gasteiger partial charge in [-0.3, -0.25) is 0 Å². The summed E-state index contributed by atoms with van der Waals surface area (Å²) in [4.78, 5) is -0.548. The second-order valence-electron chi connectivity index (χ2n) is 4.75. The predicted octanol–water partition coefficient (Wildman–Crippen LogP) is 4.08. The molecule has 0 fully saturated rings. The Morgan fingerprint density at radius 1 is 1.16 bits per heavy atom. The Morgan fingerprint density at radius 3 is 2.48 bits per heavy atom. The van der Waals surface area contributed by atoms with E-state index in [1.54, 1.807) is 0 Å². The van der Waals surface area contributed by atoms with Gasteiger partial charge >= 0.3 is 6.36 Å². The van der Waals surface area contributed by atoms with Crippen molar-refractivity contribution >= 4 is 33.2 Å². The summed E-state index contributed by atoms with van der Waals surface area (Å²) in [5, 5.41) is 9.51. The van der Waals surface area contributed by atoms with E-state index in [9.17, 15) is 26.7 Å². The molecule has 136 valence electrons. The molecule has 11 heteroatoms. The van der Waals surface area contributed by atoms with E-state index in [0.29, 0.717) is 0 Å². The number of hydrogen-bond acceptors (Lipinski definition) is 4. The Balaban J connectivity index is 2.20. The predicted molar refractivity (Wildman–Crippen MR) is 85.3 cm³/mol. The van der Waals surface area contributed by atoms with Gasteiger partial charge < -0.3 is 9.84 Å². The summed E-state index contributed by atoms with van der Waals surface area (Å²) in [5.41, 5.74) is 0.206. The van der Waals surface area contributed by atoms with Crippen molar-refractivity contribution in [1.29, 1.82) is 0 Å². The van der Waals surface area contributed by atoms with Crippen molar-refractivity contribution < 1.29 is 31.4 Å². The lowest BCUT2D eigenvalue weighted by molar-refractivity contribution is -0.274. The summed E-state index contributed by atoms with van der Waals surface area (Å²) in [7, 11) is -4.21. The molecule has 0 atom stereocenters. The van der Waals surface area contributed by atoms with Gasteiger partial charge in [-0.2, -0.15) is 0 Å². The van der Waals surface area contributed by atoms with E-state index in [4.69, 9.17) is 23.2 Å². The average Bonchev–Trinajstić information content (AvgIpc) is 2.47. The molecule has 0 aliphatic rings. The first-order valence-electron chi connectivity index (χ1n) is 6.50. The average molecular weight is 416 g/mol. The van der Waals surface area contributed by atoms with E-state index in [2.05, 4.69) is 9.46 Å². The Labute approximate surface area is 151 Å². The van der Waals surface area contributed by atoms with Crippen LogP contribution in [0.3, 0.4) is 0 Å². The molecule has 2 N–H and O–H groups in total. The number of alkyl halides is 3. The monoisotopic (exact) mass is 415 g/mol. The number of aromatic hydroxyl groups is 1. The van der Waals surface area contributed by atoms with E-state index in [0.717, 1.165) is 24.3 Å². The summed E-state index contributed by atoms with van der Waals surface area (Å²) < 4.78 is 67.0. The van der Waals surface area contributed by atoms with Gasteiger partial charge in [-0.1, -0.05) is 35.3 Å². The number of halogens is 5. The van der Waals surface area contributed by atoms with Crippen LogP contribution in [-0.2, 0) is 16.6 Å². The van der Waals surface area contributed by atoms with Crippen LogP contribution < -0.4 is 9.46 Å². The topological polar surface area (TPSA) is 75.6 Å². The molecular formula is C14H10Cl2F3NO4S. The molecule has 0 aliphatic carbocycles. The molecule has 0 saturated heterocycles. The van der Waals surface area contributed by atoms with Crippen LogP contribution in [0.15, 0.2) is 41.3 Å². The fraction of sp³-hybridized carbons (Fsp3) is 0.143. The minimum absolute atomic E-state index is 0.0104. The van der Waals surface area contributed by atoms with E-state index in [1.807, 2.05) is 0 Å². The Morgan fingerprint density at radius 2 is 1.84 bits per heavy atom. The molecule has 2 aromatic rings. The second-order valence-corrected chi connectivity index (χ2v) is 7.33. The van der Waals surface area contributed by atoms with E-state index >= 15 is 0 Å². The van der Waals surface area contributed by atoms with Crippen LogP contribution in [0, 0.1) is 0 Å². The summed E-state index contributed by atoms with van der Waals surface area (Å²) in [6.07, 6.45) is -4.86. The van der Waals surface area contributed by atoms with Gasteiger partial charge in [0.15, 0.2) is 5.75 Å². The summed E-state index contributed by atoms with van der Waals surface area (Å²) >= 11 is 11.4. The zero-order chi connectivity index (χ0) is 18.8. The largest absolute Gasteiger partial charge is 0.573 e. The lowest BCUT2D eigenvalue weighted by atomic mass is 10.2. The van der Waals surface area contributed by atoms with Gasteiger partial charge in [0.1, 0.15) is 10.6 Å². The van der Waals surface area contributed by atoms with Crippen LogP contribution in [0.1, 0.15) is 5.56 Å². The van der Waals surface area contributed by atoms with Crippen molar-refractivity contribution in [2.75, 3.05) is 0 Å². The summed E-state index contributed by atoms with van der Waals surface area (Å²) in [5.74, 6) is -1.18. The third-order valence-corrected chi connectivity index (χ3v) is 4.80. The van der Waals surface area contributed by atoms with E-state index in [1.165, 1.54) is 12.1 Å². The smallest absolute Gasteiger partial charge is 0.505 e. The molecule has 0 bridgehead atoms. The molecule has 2 aromatic carbocycles. The third-order valence-electron chi connectivity index (χ3n) is 2.88. The van der Waals surface area contributed by atoms with Crippen LogP contribution in [0.5, 0.6) is 11.5 Å². The van der Waals surface area contributed by atoms with Crippen molar-refractivity contribution in [3.63, 3.8) is 0 Å². The minimum Gasteiger partial charge on any atom is -0.505 e. The van der Waals surface area contributed by atoms with Crippen molar-refractivity contribution in [2.45, 2.75) is 17.8 Å². The maximum atomic E-state index is 12.2. The highest BCUT2D eigenvalue weighted by molar-refractivity contribution is 7.89. The van der Waals surface area contributed by atoms with Crippen LogP contribution in [0.4, 0.5) is 13.2 Å². The molecule has 5 nitrogen and oxygen atoms in total. The molecule has 2 rings (SSSR count). The van der Waals surface area contributed by atoms with Crippen molar-refractivity contribution in [2.24, 2.45) is 0 Å². The zero-order valence-corrected chi connectivity index (χ0v) is 14.5. The van der Waals surface area contributed by atoms with Gasteiger partial charge in [0.2, 0.25) is 10.0 Å². The fourth-order valence-electron chi connectivity index (χ4n) is 1.86. The van der Waals surface area contributed by atoms with Gasteiger partial charge in [0.05, 0.1) is 5.02 Å². The van der Waals surface area contributed by atoms with Gasteiger partial charge in [0.25, 0.3) is 0 Å². The molecule has 0 radical (unpaired) electrons.